The summed E-state index contributed by atoms with van der Waals surface area (Å²) in [6, 6.07) is 4.69. The van der Waals surface area contributed by atoms with Gasteiger partial charge in [0.25, 0.3) is 0 Å². The summed E-state index contributed by atoms with van der Waals surface area (Å²) in [6.45, 7) is 0. The lowest BCUT2D eigenvalue weighted by Gasteiger charge is -2.43. The lowest BCUT2D eigenvalue weighted by Crippen LogP contribution is -2.60. The number of nitrogens with zero attached hydrogens (tertiary/aromatic N) is 1. The molecule has 0 bridgehead atoms. The van der Waals surface area contributed by atoms with Gasteiger partial charge >= 0.3 is 0 Å². The van der Waals surface area contributed by atoms with Gasteiger partial charge in [-0.2, -0.15) is 0 Å². The first kappa shape index (κ1) is 15.7. The molecule has 0 radical (unpaired) electrons. The summed E-state index contributed by atoms with van der Waals surface area (Å²) in [6.07, 6.45) is 5.08. The van der Waals surface area contributed by atoms with Gasteiger partial charge in [0.2, 0.25) is 0 Å². The standard InChI is InChI=1S/C15H23ClFN3/c1-20(2)15(7-3-4-8-15)14(19-18)10-11-9-12(16)5-6-13(11)17/h5-6,9,14,19H,3-4,7-8,10,18H2,1-2H3. The monoisotopic (exact) mass is 299 g/mol. The number of nitrogens with one attached hydrogen (secondary N) is 1. The molecular formula is C15H23ClFN3. The maximum absolute atomic E-state index is 13.9. The molecule has 1 aliphatic rings. The Morgan fingerprint density at radius 2 is 2.05 bits per heavy atom. The van der Waals surface area contributed by atoms with E-state index in [1.807, 2.05) is 0 Å². The van der Waals surface area contributed by atoms with E-state index < -0.39 is 0 Å². The Morgan fingerprint density at radius 3 is 2.60 bits per heavy atom. The maximum atomic E-state index is 13.9. The van der Waals surface area contributed by atoms with Gasteiger partial charge in [0.15, 0.2) is 0 Å². The second kappa shape index (κ2) is 6.39. The van der Waals surface area contributed by atoms with Crippen molar-refractivity contribution in [1.29, 1.82) is 0 Å². The third-order valence-electron chi connectivity index (χ3n) is 4.64. The molecule has 2 rings (SSSR count). The second-order valence-corrected chi connectivity index (χ2v) is 6.30. The molecule has 3 N–H and O–H groups in total. The van der Waals surface area contributed by atoms with Gasteiger partial charge in [-0.1, -0.05) is 24.4 Å². The molecule has 0 spiro atoms. The van der Waals surface area contributed by atoms with Gasteiger partial charge < -0.3 is 4.90 Å². The normalized spacial score (nSPS) is 19.5. The van der Waals surface area contributed by atoms with E-state index in [9.17, 15) is 4.39 Å². The fourth-order valence-electron chi connectivity index (χ4n) is 3.42. The van der Waals surface area contributed by atoms with Crippen LogP contribution in [-0.2, 0) is 6.42 Å². The van der Waals surface area contributed by atoms with Crippen LogP contribution in [-0.4, -0.2) is 30.6 Å². The highest BCUT2D eigenvalue weighted by Gasteiger charge is 2.42. The smallest absolute Gasteiger partial charge is 0.126 e. The molecule has 0 aromatic heterocycles. The Balaban J connectivity index is 2.26. The zero-order valence-electron chi connectivity index (χ0n) is 12.1. The fourth-order valence-corrected chi connectivity index (χ4v) is 3.61. The summed E-state index contributed by atoms with van der Waals surface area (Å²) >= 11 is 5.97. The summed E-state index contributed by atoms with van der Waals surface area (Å²) in [4.78, 5) is 2.23. The predicted molar refractivity (Wildman–Crippen MR) is 81.1 cm³/mol. The van der Waals surface area contributed by atoms with Crippen molar-refractivity contribution in [2.45, 2.75) is 43.7 Å². The van der Waals surface area contributed by atoms with Gasteiger partial charge in [0.05, 0.1) is 0 Å². The van der Waals surface area contributed by atoms with Crippen LogP contribution in [0.25, 0.3) is 0 Å². The number of likely N-dealkylation sites (N-methyl/N-ethyl adjacent to an activating group) is 1. The SMILES string of the molecule is CN(C)C1(C(Cc2cc(Cl)ccc2F)NN)CCCC1. The Labute approximate surface area is 125 Å². The van der Waals surface area contributed by atoms with Crippen LogP contribution in [0.4, 0.5) is 4.39 Å². The Bertz CT molecular complexity index is 458. The number of hydrogen-bond acceptors (Lipinski definition) is 3. The van der Waals surface area contributed by atoms with E-state index in [2.05, 4.69) is 24.4 Å². The van der Waals surface area contributed by atoms with Crippen molar-refractivity contribution < 1.29 is 4.39 Å². The Morgan fingerprint density at radius 1 is 1.40 bits per heavy atom. The molecule has 1 atom stereocenters. The molecule has 112 valence electrons. The van der Waals surface area contributed by atoms with E-state index in [4.69, 9.17) is 17.4 Å². The Hall–Kier alpha value is -0.680. The minimum absolute atomic E-state index is 0.00738. The van der Waals surface area contributed by atoms with Crippen LogP contribution < -0.4 is 11.3 Å². The van der Waals surface area contributed by atoms with Crippen LogP contribution in [0.2, 0.25) is 5.02 Å². The molecule has 1 aromatic rings. The van der Waals surface area contributed by atoms with Gasteiger partial charge in [0.1, 0.15) is 5.82 Å². The zero-order valence-corrected chi connectivity index (χ0v) is 12.9. The minimum atomic E-state index is -0.221. The zero-order chi connectivity index (χ0) is 14.8. The van der Waals surface area contributed by atoms with Crippen molar-refractivity contribution in [1.82, 2.24) is 10.3 Å². The molecule has 0 heterocycles. The van der Waals surface area contributed by atoms with E-state index in [-0.39, 0.29) is 17.4 Å². The first-order valence-electron chi connectivity index (χ1n) is 7.07. The summed E-state index contributed by atoms with van der Waals surface area (Å²) < 4.78 is 13.9. The van der Waals surface area contributed by atoms with Crippen molar-refractivity contribution in [3.63, 3.8) is 0 Å². The summed E-state index contributed by atoms with van der Waals surface area (Å²) in [5.74, 6) is 5.56. The van der Waals surface area contributed by atoms with Crippen LogP contribution in [0.15, 0.2) is 18.2 Å². The molecule has 3 nitrogen and oxygen atoms in total. The average Bonchev–Trinajstić information content (AvgIpc) is 2.90. The number of hydrazine groups is 1. The molecule has 0 aliphatic heterocycles. The van der Waals surface area contributed by atoms with Gasteiger partial charge in [-0.05, 0) is 57.1 Å². The van der Waals surface area contributed by atoms with Crippen molar-refractivity contribution in [2.75, 3.05) is 14.1 Å². The lowest BCUT2D eigenvalue weighted by atomic mass is 9.83. The van der Waals surface area contributed by atoms with E-state index in [0.29, 0.717) is 17.0 Å². The average molecular weight is 300 g/mol. The minimum Gasteiger partial charge on any atom is -0.302 e. The van der Waals surface area contributed by atoms with Crippen LogP contribution in [0.5, 0.6) is 0 Å². The van der Waals surface area contributed by atoms with Crippen molar-refractivity contribution in [3.05, 3.63) is 34.6 Å². The topological polar surface area (TPSA) is 41.3 Å². The number of nitrogens with two attached hydrogens (primary N) is 1. The third kappa shape index (κ3) is 2.98. The van der Waals surface area contributed by atoms with Crippen LogP contribution in [0, 0.1) is 5.82 Å². The van der Waals surface area contributed by atoms with Crippen molar-refractivity contribution in [2.24, 2.45) is 5.84 Å². The number of rotatable bonds is 5. The Kier molecular flexibility index (Phi) is 5.02. The van der Waals surface area contributed by atoms with Crippen LogP contribution >= 0.6 is 11.6 Å². The summed E-state index contributed by atoms with van der Waals surface area (Å²) in [5.41, 5.74) is 3.52. The predicted octanol–water partition coefficient (Wildman–Crippen LogP) is 2.73. The van der Waals surface area contributed by atoms with E-state index in [1.165, 1.54) is 18.9 Å². The highest BCUT2D eigenvalue weighted by molar-refractivity contribution is 6.30. The molecular weight excluding hydrogens is 277 g/mol. The fraction of sp³-hybridized carbons (Fsp3) is 0.600. The number of benzene rings is 1. The van der Waals surface area contributed by atoms with Crippen molar-refractivity contribution in [3.8, 4) is 0 Å². The van der Waals surface area contributed by atoms with Gasteiger partial charge in [0, 0.05) is 16.6 Å². The van der Waals surface area contributed by atoms with Crippen LogP contribution in [0.1, 0.15) is 31.2 Å². The molecule has 1 unspecified atom stereocenters. The van der Waals surface area contributed by atoms with Crippen LogP contribution in [0.3, 0.4) is 0 Å². The highest BCUT2D eigenvalue weighted by atomic mass is 35.5. The molecule has 0 saturated heterocycles. The molecule has 1 aromatic carbocycles. The van der Waals surface area contributed by atoms with E-state index in [0.717, 1.165) is 12.8 Å². The molecule has 1 fully saturated rings. The number of hydrogen-bond donors (Lipinski definition) is 2. The summed E-state index contributed by atoms with van der Waals surface area (Å²) in [5, 5.41) is 0.558. The maximum Gasteiger partial charge on any atom is 0.126 e. The van der Waals surface area contributed by atoms with E-state index in [1.54, 1.807) is 12.1 Å². The molecule has 0 amide bonds. The largest absolute Gasteiger partial charge is 0.302 e. The van der Waals surface area contributed by atoms with Gasteiger partial charge in [-0.15, -0.1) is 0 Å². The van der Waals surface area contributed by atoms with E-state index >= 15 is 0 Å². The van der Waals surface area contributed by atoms with Gasteiger partial charge in [-0.3, -0.25) is 11.3 Å². The molecule has 1 saturated carbocycles. The highest BCUT2D eigenvalue weighted by Crippen LogP contribution is 2.38. The quantitative estimate of drug-likeness (QED) is 0.649. The first-order valence-corrected chi connectivity index (χ1v) is 7.45. The lowest BCUT2D eigenvalue weighted by molar-refractivity contribution is 0.104. The summed E-state index contributed by atoms with van der Waals surface area (Å²) in [7, 11) is 4.15. The second-order valence-electron chi connectivity index (χ2n) is 5.86. The first-order chi connectivity index (χ1) is 9.49. The third-order valence-corrected chi connectivity index (χ3v) is 4.88. The number of halogens is 2. The molecule has 5 heteroatoms. The van der Waals surface area contributed by atoms with Crippen molar-refractivity contribution >= 4 is 11.6 Å². The molecule has 1 aliphatic carbocycles. The van der Waals surface area contributed by atoms with Gasteiger partial charge in [-0.25, -0.2) is 4.39 Å². The molecule has 20 heavy (non-hydrogen) atoms.